The van der Waals surface area contributed by atoms with Crippen LogP contribution in [0.3, 0.4) is 0 Å². The third kappa shape index (κ3) is 4.02. The highest BCUT2D eigenvalue weighted by atomic mass is 16.7. The Bertz CT molecular complexity index is 1100. The molecule has 170 valence electrons. The molecule has 4 amide bonds. The third-order valence-corrected chi connectivity index (χ3v) is 6.21. The van der Waals surface area contributed by atoms with Crippen molar-refractivity contribution in [3.63, 3.8) is 0 Å². The molecule has 1 fully saturated rings. The van der Waals surface area contributed by atoms with Crippen molar-refractivity contribution < 1.29 is 28.7 Å². The predicted octanol–water partition coefficient (Wildman–Crippen LogP) is 1.82. The smallest absolute Gasteiger partial charge is 0.261 e. The van der Waals surface area contributed by atoms with Gasteiger partial charge < -0.3 is 19.7 Å². The van der Waals surface area contributed by atoms with Gasteiger partial charge in [-0.05, 0) is 43.2 Å². The van der Waals surface area contributed by atoms with Crippen LogP contribution in [0.25, 0.3) is 0 Å². The Kier molecular flexibility index (Phi) is 5.45. The topological polar surface area (TPSA) is 105 Å². The second-order valence-electron chi connectivity index (χ2n) is 8.26. The predicted molar refractivity (Wildman–Crippen MR) is 116 cm³/mol. The molecule has 0 saturated carbocycles. The van der Waals surface area contributed by atoms with Crippen LogP contribution in [0, 0.1) is 0 Å². The number of ether oxygens (including phenoxy) is 2. The molecule has 2 aromatic carbocycles. The van der Waals surface area contributed by atoms with E-state index in [4.69, 9.17) is 9.47 Å². The van der Waals surface area contributed by atoms with E-state index in [9.17, 15) is 19.2 Å². The lowest BCUT2D eigenvalue weighted by atomic mass is 10.0. The van der Waals surface area contributed by atoms with Crippen LogP contribution in [0.15, 0.2) is 42.5 Å². The lowest BCUT2D eigenvalue weighted by Gasteiger charge is -2.32. The van der Waals surface area contributed by atoms with E-state index in [0.29, 0.717) is 54.1 Å². The van der Waals surface area contributed by atoms with Crippen molar-refractivity contribution >= 4 is 23.6 Å². The maximum Gasteiger partial charge on any atom is 0.261 e. The Morgan fingerprint density at radius 1 is 0.939 bits per heavy atom. The Balaban J connectivity index is 1.09. The standard InChI is InChI=1S/C24H23N3O6/c28-21(9-12-27-23(30)17-3-1-2-4-18(17)24(27)31)25-16-7-10-26(11-8-16)22(29)15-5-6-19-20(13-15)33-14-32-19/h1-6,13,16H,7-12,14H2,(H,25,28). The van der Waals surface area contributed by atoms with E-state index in [2.05, 4.69) is 5.32 Å². The molecule has 0 bridgehead atoms. The number of rotatable bonds is 5. The maximum atomic E-state index is 12.8. The van der Waals surface area contributed by atoms with Gasteiger partial charge in [-0.1, -0.05) is 12.1 Å². The Morgan fingerprint density at radius 2 is 1.61 bits per heavy atom. The molecule has 0 spiro atoms. The third-order valence-electron chi connectivity index (χ3n) is 6.21. The number of likely N-dealkylation sites (tertiary alicyclic amines) is 1. The highest BCUT2D eigenvalue weighted by Gasteiger charge is 2.35. The number of hydrogen-bond acceptors (Lipinski definition) is 6. The zero-order chi connectivity index (χ0) is 22.9. The van der Waals surface area contributed by atoms with Crippen LogP contribution in [0.1, 0.15) is 50.3 Å². The van der Waals surface area contributed by atoms with Crippen LogP contribution in [-0.4, -0.2) is 65.9 Å². The summed E-state index contributed by atoms with van der Waals surface area (Å²) in [6, 6.07) is 11.8. The Morgan fingerprint density at radius 3 is 2.30 bits per heavy atom. The second kappa shape index (κ2) is 8.57. The Hall–Kier alpha value is -3.88. The van der Waals surface area contributed by atoms with Gasteiger partial charge in [-0.15, -0.1) is 0 Å². The summed E-state index contributed by atoms with van der Waals surface area (Å²) < 4.78 is 10.6. The van der Waals surface area contributed by atoms with Gasteiger partial charge >= 0.3 is 0 Å². The van der Waals surface area contributed by atoms with E-state index >= 15 is 0 Å². The van der Waals surface area contributed by atoms with Crippen molar-refractivity contribution in [3.05, 3.63) is 59.2 Å². The summed E-state index contributed by atoms with van der Waals surface area (Å²) in [5.41, 5.74) is 1.30. The number of piperidine rings is 1. The minimum atomic E-state index is -0.362. The summed E-state index contributed by atoms with van der Waals surface area (Å²) >= 11 is 0. The summed E-state index contributed by atoms with van der Waals surface area (Å²) in [5, 5.41) is 2.96. The van der Waals surface area contributed by atoms with Gasteiger partial charge in [0.2, 0.25) is 12.7 Å². The normalized spacial score (nSPS) is 17.3. The number of nitrogens with zero attached hydrogens (tertiary/aromatic N) is 2. The fraction of sp³-hybridized carbons (Fsp3) is 0.333. The van der Waals surface area contributed by atoms with Gasteiger partial charge in [-0.2, -0.15) is 0 Å². The van der Waals surface area contributed by atoms with E-state index in [1.807, 2.05) is 0 Å². The number of carbonyl (C=O) groups is 4. The van der Waals surface area contributed by atoms with E-state index in [0.717, 1.165) is 4.90 Å². The van der Waals surface area contributed by atoms with Crippen molar-refractivity contribution in [1.82, 2.24) is 15.1 Å². The van der Waals surface area contributed by atoms with Crippen molar-refractivity contribution in [2.45, 2.75) is 25.3 Å². The molecular formula is C24H23N3O6. The maximum absolute atomic E-state index is 12.8. The first-order valence-corrected chi connectivity index (χ1v) is 10.9. The van der Waals surface area contributed by atoms with Crippen LogP contribution in [-0.2, 0) is 4.79 Å². The van der Waals surface area contributed by atoms with Crippen LogP contribution >= 0.6 is 0 Å². The van der Waals surface area contributed by atoms with Gasteiger partial charge in [-0.25, -0.2) is 0 Å². The second-order valence-corrected chi connectivity index (χ2v) is 8.26. The van der Waals surface area contributed by atoms with Crippen molar-refractivity contribution in [2.24, 2.45) is 0 Å². The summed E-state index contributed by atoms with van der Waals surface area (Å²) in [5.74, 6) is 0.184. The molecule has 1 N–H and O–H groups in total. The first-order chi connectivity index (χ1) is 16.0. The Labute approximate surface area is 190 Å². The van der Waals surface area contributed by atoms with E-state index in [1.54, 1.807) is 47.4 Å². The summed E-state index contributed by atoms with van der Waals surface area (Å²) in [6.45, 7) is 1.25. The molecule has 9 heteroatoms. The molecule has 0 aliphatic carbocycles. The van der Waals surface area contributed by atoms with E-state index in [1.165, 1.54) is 0 Å². The summed E-state index contributed by atoms with van der Waals surface area (Å²) in [7, 11) is 0. The molecule has 5 rings (SSSR count). The van der Waals surface area contributed by atoms with Gasteiger partial charge in [0, 0.05) is 37.7 Å². The molecule has 0 unspecified atom stereocenters. The zero-order valence-corrected chi connectivity index (χ0v) is 17.9. The SMILES string of the molecule is O=C(CCN1C(=O)c2ccccc2C1=O)NC1CCN(C(=O)c2ccc3c(c2)OCO3)CC1. The van der Waals surface area contributed by atoms with Gasteiger partial charge in [-0.3, -0.25) is 24.1 Å². The average Bonchev–Trinajstić information content (AvgIpc) is 3.40. The minimum absolute atomic E-state index is 0.0413. The summed E-state index contributed by atoms with van der Waals surface area (Å²) in [4.78, 5) is 52.9. The van der Waals surface area contributed by atoms with E-state index in [-0.39, 0.29) is 49.4 Å². The highest BCUT2D eigenvalue weighted by molar-refractivity contribution is 6.21. The summed E-state index contributed by atoms with van der Waals surface area (Å²) in [6.07, 6.45) is 1.31. The highest BCUT2D eigenvalue weighted by Crippen LogP contribution is 2.33. The quantitative estimate of drug-likeness (QED) is 0.699. The van der Waals surface area contributed by atoms with Crippen molar-refractivity contribution in [3.8, 4) is 11.5 Å². The van der Waals surface area contributed by atoms with Crippen LogP contribution in [0.4, 0.5) is 0 Å². The molecular weight excluding hydrogens is 426 g/mol. The fourth-order valence-electron chi connectivity index (χ4n) is 4.39. The molecule has 3 aliphatic heterocycles. The molecule has 0 radical (unpaired) electrons. The molecule has 2 aromatic rings. The number of fused-ring (bicyclic) bond motifs is 2. The largest absolute Gasteiger partial charge is 0.454 e. The number of amides is 4. The number of carbonyl (C=O) groups excluding carboxylic acids is 4. The van der Waals surface area contributed by atoms with Crippen LogP contribution in [0.2, 0.25) is 0 Å². The first kappa shape index (κ1) is 21.0. The average molecular weight is 449 g/mol. The molecule has 1 saturated heterocycles. The number of benzene rings is 2. The number of imide groups is 1. The van der Waals surface area contributed by atoms with Gasteiger partial charge in [0.15, 0.2) is 11.5 Å². The van der Waals surface area contributed by atoms with E-state index < -0.39 is 0 Å². The van der Waals surface area contributed by atoms with Gasteiger partial charge in [0.25, 0.3) is 17.7 Å². The number of hydrogen-bond donors (Lipinski definition) is 1. The molecule has 3 aliphatic rings. The first-order valence-electron chi connectivity index (χ1n) is 10.9. The fourth-order valence-corrected chi connectivity index (χ4v) is 4.39. The number of nitrogens with one attached hydrogen (secondary N) is 1. The monoisotopic (exact) mass is 449 g/mol. The lowest BCUT2D eigenvalue weighted by Crippen LogP contribution is -2.47. The molecule has 9 nitrogen and oxygen atoms in total. The molecule has 0 aromatic heterocycles. The molecule has 0 atom stereocenters. The van der Waals surface area contributed by atoms with Crippen molar-refractivity contribution in [1.29, 1.82) is 0 Å². The van der Waals surface area contributed by atoms with Gasteiger partial charge in [0.05, 0.1) is 11.1 Å². The minimum Gasteiger partial charge on any atom is -0.454 e. The van der Waals surface area contributed by atoms with Crippen LogP contribution in [0.5, 0.6) is 11.5 Å². The van der Waals surface area contributed by atoms with Crippen molar-refractivity contribution in [2.75, 3.05) is 26.4 Å². The lowest BCUT2D eigenvalue weighted by molar-refractivity contribution is -0.122. The molecule has 33 heavy (non-hydrogen) atoms. The zero-order valence-electron chi connectivity index (χ0n) is 17.9. The van der Waals surface area contributed by atoms with Gasteiger partial charge in [0.1, 0.15) is 0 Å². The molecule has 3 heterocycles. The van der Waals surface area contributed by atoms with Crippen LogP contribution < -0.4 is 14.8 Å².